The van der Waals surface area contributed by atoms with Crippen molar-refractivity contribution in [3.05, 3.63) is 0 Å². The minimum absolute atomic E-state index is 0.0641. The summed E-state index contributed by atoms with van der Waals surface area (Å²) < 4.78 is 0. The van der Waals surface area contributed by atoms with Gasteiger partial charge in [-0.05, 0) is 33.1 Å². The Balaban J connectivity index is 3.12. The quantitative estimate of drug-likeness (QED) is 0.807. The smallest absolute Gasteiger partial charge is 0.0602 e. The normalized spacial score (nSPS) is 45.9. The maximum absolute atomic E-state index is 10.2. The summed E-state index contributed by atoms with van der Waals surface area (Å²) in [7, 11) is 1.74. The van der Waals surface area contributed by atoms with Crippen LogP contribution in [0.3, 0.4) is 0 Å². The first-order chi connectivity index (χ1) is 7.35. The highest BCUT2D eigenvalue weighted by Gasteiger charge is 2.53. The van der Waals surface area contributed by atoms with Crippen LogP contribution < -0.4 is 0 Å². The van der Waals surface area contributed by atoms with Crippen molar-refractivity contribution in [2.75, 3.05) is 7.11 Å². The van der Waals surface area contributed by atoms with E-state index in [1.807, 2.05) is 0 Å². The highest BCUT2D eigenvalue weighted by Crippen LogP contribution is 2.45. The van der Waals surface area contributed by atoms with Crippen LogP contribution in [0.4, 0.5) is 0 Å². The zero-order chi connectivity index (χ0) is 12.6. The van der Waals surface area contributed by atoms with Gasteiger partial charge in [0.25, 0.3) is 0 Å². The fourth-order valence-electron chi connectivity index (χ4n) is 3.11. The highest BCUT2D eigenvalue weighted by molar-refractivity contribution is 5.03. The molecule has 1 saturated heterocycles. The van der Waals surface area contributed by atoms with Crippen LogP contribution in [0.25, 0.3) is 0 Å². The molecule has 1 aliphatic rings. The zero-order valence-corrected chi connectivity index (χ0v) is 11.6. The molecule has 1 rings (SSSR count). The minimum atomic E-state index is -0.235. The summed E-state index contributed by atoms with van der Waals surface area (Å²) in [6.45, 7) is 10.8. The lowest BCUT2D eigenvalue weighted by molar-refractivity contribution is -0.303. The summed E-state index contributed by atoms with van der Waals surface area (Å²) in [4.78, 5) is 5.65. The molecule has 1 N–H and O–H groups in total. The summed E-state index contributed by atoms with van der Waals surface area (Å²) >= 11 is 0. The Kier molecular flexibility index (Phi) is 4.04. The number of piperidine rings is 1. The number of hydrogen-bond acceptors (Lipinski definition) is 3. The zero-order valence-electron chi connectivity index (χ0n) is 11.6. The third-order valence-electron chi connectivity index (χ3n) is 4.82. The summed E-state index contributed by atoms with van der Waals surface area (Å²) in [6.07, 6.45) is 2.52. The van der Waals surface area contributed by atoms with Crippen LogP contribution in [0.5, 0.6) is 0 Å². The molecule has 4 atom stereocenters. The topological polar surface area (TPSA) is 32.7 Å². The summed E-state index contributed by atoms with van der Waals surface area (Å²) in [5.74, 6) is 0.233. The molecule has 0 aromatic carbocycles. The van der Waals surface area contributed by atoms with E-state index < -0.39 is 0 Å². The molecule has 1 fully saturated rings. The van der Waals surface area contributed by atoms with Crippen LogP contribution in [0.15, 0.2) is 0 Å². The van der Waals surface area contributed by atoms with E-state index >= 15 is 0 Å². The average molecular weight is 229 g/mol. The van der Waals surface area contributed by atoms with E-state index in [1.54, 1.807) is 7.11 Å². The molecule has 0 aliphatic carbocycles. The Morgan fingerprint density at radius 1 is 1.31 bits per heavy atom. The van der Waals surface area contributed by atoms with Gasteiger partial charge < -0.3 is 9.94 Å². The number of rotatable bonds is 3. The summed E-state index contributed by atoms with van der Waals surface area (Å²) in [5.41, 5.74) is -0.150. The average Bonchev–Trinajstić information content (AvgIpc) is 2.26. The lowest BCUT2D eigenvalue weighted by Gasteiger charge is -2.58. The van der Waals surface area contributed by atoms with Crippen molar-refractivity contribution in [1.82, 2.24) is 5.06 Å². The molecule has 1 aliphatic heterocycles. The summed E-state index contributed by atoms with van der Waals surface area (Å²) in [6, 6.07) is 0. The van der Waals surface area contributed by atoms with Crippen LogP contribution in [0, 0.1) is 5.92 Å². The number of aliphatic hydroxyl groups is 1. The second-order valence-corrected chi connectivity index (χ2v) is 5.60. The van der Waals surface area contributed by atoms with Crippen LogP contribution in [-0.2, 0) is 4.84 Å². The third kappa shape index (κ3) is 1.89. The van der Waals surface area contributed by atoms with Gasteiger partial charge in [0.2, 0.25) is 0 Å². The first kappa shape index (κ1) is 13.9. The fraction of sp³-hybridized carbons (Fsp3) is 1.00. The van der Waals surface area contributed by atoms with Gasteiger partial charge in [0.15, 0.2) is 0 Å². The molecule has 0 bridgehead atoms. The molecule has 4 unspecified atom stereocenters. The molecular formula is C13H27NO2. The predicted octanol–water partition coefficient (Wildman–Crippen LogP) is 2.59. The Morgan fingerprint density at radius 2 is 1.88 bits per heavy atom. The molecule has 0 aromatic heterocycles. The van der Waals surface area contributed by atoms with Gasteiger partial charge in [-0.25, -0.2) is 0 Å². The van der Waals surface area contributed by atoms with Crippen molar-refractivity contribution in [2.24, 2.45) is 5.92 Å². The largest absolute Gasteiger partial charge is 0.393 e. The van der Waals surface area contributed by atoms with E-state index in [-0.39, 0.29) is 23.1 Å². The number of nitrogens with zero attached hydrogens (tertiary/aromatic N) is 1. The van der Waals surface area contributed by atoms with Crippen LogP contribution in [0.1, 0.15) is 53.9 Å². The molecule has 3 nitrogen and oxygen atoms in total. The first-order valence-electron chi connectivity index (χ1n) is 6.38. The predicted molar refractivity (Wildman–Crippen MR) is 66.0 cm³/mol. The van der Waals surface area contributed by atoms with Gasteiger partial charge in [-0.1, -0.05) is 20.8 Å². The maximum Gasteiger partial charge on any atom is 0.0602 e. The summed E-state index contributed by atoms with van der Waals surface area (Å²) in [5, 5.41) is 12.4. The van der Waals surface area contributed by atoms with Gasteiger partial charge in [-0.15, -0.1) is 0 Å². The van der Waals surface area contributed by atoms with E-state index in [1.165, 1.54) is 0 Å². The molecule has 3 heteroatoms. The van der Waals surface area contributed by atoms with Gasteiger partial charge in [0.05, 0.1) is 13.2 Å². The van der Waals surface area contributed by atoms with Crippen LogP contribution >= 0.6 is 0 Å². The van der Waals surface area contributed by atoms with E-state index in [0.717, 1.165) is 19.3 Å². The first-order valence-corrected chi connectivity index (χ1v) is 6.38. The number of hydroxylamine groups is 2. The second kappa shape index (κ2) is 4.63. The molecular weight excluding hydrogens is 202 g/mol. The highest BCUT2D eigenvalue weighted by atomic mass is 16.7. The third-order valence-corrected chi connectivity index (χ3v) is 4.82. The Bertz CT molecular complexity index is 246. The van der Waals surface area contributed by atoms with Crippen molar-refractivity contribution in [3.63, 3.8) is 0 Å². The number of aliphatic hydroxyl groups excluding tert-OH is 1. The Labute approximate surface area is 99.7 Å². The number of hydrogen-bond donors (Lipinski definition) is 1. The molecule has 0 aromatic rings. The van der Waals surface area contributed by atoms with Gasteiger partial charge in [-0.2, -0.15) is 5.06 Å². The van der Waals surface area contributed by atoms with Crippen molar-refractivity contribution in [1.29, 1.82) is 0 Å². The monoisotopic (exact) mass is 229 g/mol. The van der Waals surface area contributed by atoms with E-state index in [9.17, 15) is 5.11 Å². The van der Waals surface area contributed by atoms with Crippen molar-refractivity contribution >= 4 is 0 Å². The minimum Gasteiger partial charge on any atom is -0.393 e. The van der Waals surface area contributed by atoms with Crippen molar-refractivity contribution in [3.8, 4) is 0 Å². The van der Waals surface area contributed by atoms with Crippen LogP contribution in [-0.4, -0.2) is 34.5 Å². The fourth-order valence-corrected chi connectivity index (χ4v) is 3.11. The van der Waals surface area contributed by atoms with E-state index in [0.29, 0.717) is 0 Å². The molecule has 0 spiro atoms. The van der Waals surface area contributed by atoms with Gasteiger partial charge in [-0.3, -0.25) is 0 Å². The molecule has 16 heavy (non-hydrogen) atoms. The molecule has 1 heterocycles. The molecule has 96 valence electrons. The van der Waals surface area contributed by atoms with Crippen molar-refractivity contribution in [2.45, 2.75) is 71.1 Å². The lowest BCUT2D eigenvalue weighted by Crippen LogP contribution is -2.67. The lowest BCUT2D eigenvalue weighted by atomic mass is 9.69. The molecule has 0 saturated carbocycles. The standard InChI is InChI=1S/C13H27NO2/c1-7-12(4)9-11(15)10(3)13(5,8-2)14(12)16-6/h10-11,15H,7-9H2,1-6H3. The Hall–Kier alpha value is -0.120. The van der Waals surface area contributed by atoms with Gasteiger partial charge >= 0.3 is 0 Å². The SMILES string of the molecule is CCC1(C)CC(O)C(C)C(C)(CC)N1OC. The second-order valence-electron chi connectivity index (χ2n) is 5.60. The van der Waals surface area contributed by atoms with E-state index in [2.05, 4.69) is 39.7 Å². The molecule has 0 amide bonds. The maximum atomic E-state index is 10.2. The van der Waals surface area contributed by atoms with Crippen molar-refractivity contribution < 1.29 is 9.94 Å². The van der Waals surface area contributed by atoms with Gasteiger partial charge in [0, 0.05) is 17.0 Å². The molecule has 0 radical (unpaired) electrons. The van der Waals surface area contributed by atoms with E-state index in [4.69, 9.17) is 4.84 Å². The van der Waals surface area contributed by atoms with Gasteiger partial charge in [0.1, 0.15) is 0 Å². The Morgan fingerprint density at radius 3 is 2.25 bits per heavy atom. The van der Waals surface area contributed by atoms with Crippen LogP contribution in [0.2, 0.25) is 0 Å².